The number of ketones is 1. The number of hydrogen-bond acceptors (Lipinski definition) is 4. The SMILES string of the molecule is CN(C)C(C(O)COc1cccc2c1CCCC2=O)C(C)(C)C. The monoisotopic (exact) mass is 319 g/mol. The van der Waals surface area contributed by atoms with Crippen LogP contribution in [0.5, 0.6) is 5.75 Å². The van der Waals surface area contributed by atoms with Gasteiger partial charge < -0.3 is 14.7 Å². The highest BCUT2D eigenvalue weighted by Crippen LogP contribution is 2.31. The molecular formula is C19H29NO3. The molecule has 4 heteroatoms. The van der Waals surface area contributed by atoms with Crippen molar-refractivity contribution >= 4 is 5.78 Å². The number of carbonyl (C=O) groups excluding carboxylic acids is 1. The van der Waals surface area contributed by atoms with Gasteiger partial charge in [-0.3, -0.25) is 4.79 Å². The van der Waals surface area contributed by atoms with Crippen molar-refractivity contribution in [1.82, 2.24) is 4.90 Å². The van der Waals surface area contributed by atoms with E-state index in [1.807, 2.05) is 37.2 Å². The molecule has 2 atom stereocenters. The Morgan fingerprint density at radius 2 is 1.96 bits per heavy atom. The summed E-state index contributed by atoms with van der Waals surface area (Å²) in [6, 6.07) is 5.62. The maximum absolute atomic E-state index is 12.0. The van der Waals surface area contributed by atoms with Crippen LogP contribution in [0.3, 0.4) is 0 Å². The van der Waals surface area contributed by atoms with Crippen molar-refractivity contribution in [3.63, 3.8) is 0 Å². The van der Waals surface area contributed by atoms with E-state index in [0.29, 0.717) is 6.42 Å². The molecule has 1 aromatic rings. The lowest BCUT2D eigenvalue weighted by molar-refractivity contribution is -0.0113. The van der Waals surface area contributed by atoms with Crippen molar-refractivity contribution < 1.29 is 14.6 Å². The molecule has 0 saturated heterocycles. The van der Waals surface area contributed by atoms with Gasteiger partial charge in [-0.2, -0.15) is 0 Å². The number of likely N-dealkylation sites (N-methyl/N-ethyl adjacent to an activating group) is 1. The molecule has 128 valence electrons. The minimum absolute atomic E-state index is 0.0105. The molecule has 0 bridgehead atoms. The Labute approximate surface area is 139 Å². The lowest BCUT2D eigenvalue weighted by Gasteiger charge is -2.39. The maximum Gasteiger partial charge on any atom is 0.163 e. The minimum atomic E-state index is -0.597. The molecule has 0 spiro atoms. The number of aliphatic hydroxyl groups excluding tert-OH is 1. The van der Waals surface area contributed by atoms with Crippen molar-refractivity contribution in [2.75, 3.05) is 20.7 Å². The molecular weight excluding hydrogens is 290 g/mol. The van der Waals surface area contributed by atoms with Crippen LogP contribution < -0.4 is 4.74 Å². The molecule has 1 aliphatic rings. The predicted octanol–water partition coefficient (Wildman–Crippen LogP) is 2.92. The van der Waals surface area contributed by atoms with Crippen LogP contribution in [0.15, 0.2) is 18.2 Å². The first-order valence-electron chi connectivity index (χ1n) is 8.34. The zero-order chi connectivity index (χ0) is 17.2. The standard InChI is InChI=1S/C19H29NO3/c1-19(2,3)18(20(4)5)16(22)12-23-17-11-7-8-13-14(17)9-6-10-15(13)21/h7-8,11,16,18,22H,6,9-10,12H2,1-5H3. The van der Waals surface area contributed by atoms with Gasteiger partial charge in [0.1, 0.15) is 18.5 Å². The Morgan fingerprint density at radius 3 is 2.57 bits per heavy atom. The van der Waals surface area contributed by atoms with Gasteiger partial charge in [-0.25, -0.2) is 0 Å². The number of fused-ring (bicyclic) bond motifs is 1. The highest BCUT2D eigenvalue weighted by molar-refractivity contribution is 5.99. The summed E-state index contributed by atoms with van der Waals surface area (Å²) in [5.74, 6) is 0.930. The molecule has 0 fully saturated rings. The number of aliphatic hydroxyl groups is 1. The number of benzene rings is 1. The summed E-state index contributed by atoms with van der Waals surface area (Å²) >= 11 is 0. The highest BCUT2D eigenvalue weighted by atomic mass is 16.5. The molecule has 1 aromatic carbocycles. The lowest BCUT2D eigenvalue weighted by Crippen LogP contribution is -2.50. The summed E-state index contributed by atoms with van der Waals surface area (Å²) in [7, 11) is 3.95. The van der Waals surface area contributed by atoms with Crippen LogP contribution in [0, 0.1) is 5.41 Å². The van der Waals surface area contributed by atoms with Crippen LogP contribution in [0.4, 0.5) is 0 Å². The van der Waals surface area contributed by atoms with Gasteiger partial charge in [-0.1, -0.05) is 32.9 Å². The van der Waals surface area contributed by atoms with E-state index in [2.05, 4.69) is 20.8 Å². The Balaban J connectivity index is 2.12. The molecule has 4 nitrogen and oxygen atoms in total. The van der Waals surface area contributed by atoms with Crippen LogP contribution >= 0.6 is 0 Å². The van der Waals surface area contributed by atoms with Gasteiger partial charge >= 0.3 is 0 Å². The first kappa shape index (κ1) is 18.0. The van der Waals surface area contributed by atoms with Gasteiger partial charge in [0.25, 0.3) is 0 Å². The fraction of sp³-hybridized carbons (Fsp3) is 0.632. The van der Waals surface area contributed by atoms with E-state index >= 15 is 0 Å². The molecule has 0 saturated carbocycles. The van der Waals surface area contributed by atoms with Crippen molar-refractivity contribution in [2.45, 2.75) is 52.2 Å². The molecule has 1 N–H and O–H groups in total. The minimum Gasteiger partial charge on any atom is -0.491 e. The third kappa shape index (κ3) is 4.12. The third-order valence-electron chi connectivity index (χ3n) is 4.48. The number of Topliss-reactive ketones (excluding diaryl/α,β-unsaturated/α-hetero) is 1. The van der Waals surface area contributed by atoms with E-state index in [9.17, 15) is 9.90 Å². The van der Waals surface area contributed by atoms with E-state index < -0.39 is 6.10 Å². The molecule has 0 amide bonds. The zero-order valence-electron chi connectivity index (χ0n) is 14.9. The van der Waals surface area contributed by atoms with Gasteiger partial charge in [-0.15, -0.1) is 0 Å². The van der Waals surface area contributed by atoms with Gasteiger partial charge in [0.05, 0.1) is 0 Å². The number of nitrogens with zero attached hydrogens (tertiary/aromatic N) is 1. The Morgan fingerprint density at radius 1 is 1.26 bits per heavy atom. The zero-order valence-corrected chi connectivity index (χ0v) is 14.9. The quantitative estimate of drug-likeness (QED) is 0.906. The van der Waals surface area contributed by atoms with E-state index in [0.717, 1.165) is 29.7 Å². The summed E-state index contributed by atoms with van der Waals surface area (Å²) in [4.78, 5) is 14.0. The first-order valence-corrected chi connectivity index (χ1v) is 8.34. The fourth-order valence-corrected chi connectivity index (χ4v) is 3.74. The summed E-state index contributed by atoms with van der Waals surface area (Å²) in [6.07, 6.45) is 1.76. The molecule has 0 aliphatic heterocycles. The van der Waals surface area contributed by atoms with Crippen LogP contribution in [0.1, 0.15) is 49.5 Å². The van der Waals surface area contributed by atoms with Crippen LogP contribution in [-0.2, 0) is 6.42 Å². The van der Waals surface area contributed by atoms with Crippen LogP contribution in [0.25, 0.3) is 0 Å². The van der Waals surface area contributed by atoms with E-state index in [-0.39, 0.29) is 23.8 Å². The average Bonchev–Trinajstić information content (AvgIpc) is 2.43. The molecule has 1 aliphatic carbocycles. The summed E-state index contributed by atoms with van der Waals surface area (Å²) < 4.78 is 5.91. The second-order valence-electron chi connectivity index (χ2n) is 7.71. The molecule has 0 heterocycles. The third-order valence-corrected chi connectivity index (χ3v) is 4.48. The van der Waals surface area contributed by atoms with Crippen molar-refractivity contribution in [3.8, 4) is 5.75 Å². The van der Waals surface area contributed by atoms with Crippen molar-refractivity contribution in [1.29, 1.82) is 0 Å². The molecule has 2 rings (SSSR count). The number of hydrogen-bond donors (Lipinski definition) is 1. The van der Waals surface area contributed by atoms with Gasteiger partial charge in [0.15, 0.2) is 5.78 Å². The Bertz CT molecular complexity index is 560. The molecule has 2 unspecified atom stereocenters. The molecule has 23 heavy (non-hydrogen) atoms. The molecule has 0 radical (unpaired) electrons. The van der Waals surface area contributed by atoms with Gasteiger partial charge in [0.2, 0.25) is 0 Å². The Hall–Kier alpha value is -1.39. The first-order chi connectivity index (χ1) is 10.7. The average molecular weight is 319 g/mol. The fourth-order valence-electron chi connectivity index (χ4n) is 3.74. The van der Waals surface area contributed by atoms with E-state index in [1.165, 1.54) is 0 Å². The predicted molar refractivity (Wildman–Crippen MR) is 92.1 cm³/mol. The van der Waals surface area contributed by atoms with Crippen molar-refractivity contribution in [3.05, 3.63) is 29.3 Å². The van der Waals surface area contributed by atoms with Gasteiger partial charge in [0, 0.05) is 23.6 Å². The second kappa shape index (κ2) is 7.02. The molecule has 0 aromatic heterocycles. The summed E-state index contributed by atoms with van der Waals surface area (Å²) in [6.45, 7) is 6.57. The smallest absolute Gasteiger partial charge is 0.163 e. The second-order valence-corrected chi connectivity index (χ2v) is 7.71. The van der Waals surface area contributed by atoms with E-state index in [4.69, 9.17) is 4.74 Å². The van der Waals surface area contributed by atoms with Crippen LogP contribution in [0.2, 0.25) is 0 Å². The van der Waals surface area contributed by atoms with E-state index in [1.54, 1.807) is 0 Å². The number of carbonyl (C=O) groups is 1. The summed E-state index contributed by atoms with van der Waals surface area (Å²) in [5.41, 5.74) is 1.72. The maximum atomic E-state index is 12.0. The number of ether oxygens (including phenoxy) is 1. The largest absolute Gasteiger partial charge is 0.491 e. The van der Waals surface area contributed by atoms with Crippen LogP contribution in [-0.4, -0.2) is 48.6 Å². The Kier molecular flexibility index (Phi) is 5.48. The number of rotatable bonds is 5. The topological polar surface area (TPSA) is 49.8 Å². The van der Waals surface area contributed by atoms with Gasteiger partial charge in [-0.05, 0) is 38.4 Å². The highest BCUT2D eigenvalue weighted by Gasteiger charge is 2.33. The van der Waals surface area contributed by atoms with Crippen molar-refractivity contribution in [2.24, 2.45) is 5.41 Å². The summed E-state index contributed by atoms with van der Waals surface area (Å²) in [5, 5.41) is 10.6. The normalized spacial score (nSPS) is 17.8. The lowest BCUT2D eigenvalue weighted by atomic mass is 9.82.